The molecule has 1 amide bonds. The Kier molecular flexibility index (Phi) is 10.3. The minimum Gasteiger partial charge on any atom is -0.495 e. The molecule has 2 fully saturated rings. The molecule has 9 nitrogen and oxygen atoms in total. The van der Waals surface area contributed by atoms with Crippen LogP contribution in [0.4, 0.5) is 5.69 Å². The monoisotopic (exact) mass is 503 g/mol. The number of rotatable bonds is 7. The zero-order valence-corrected chi connectivity index (χ0v) is 20.0. The van der Waals surface area contributed by atoms with Crippen molar-refractivity contribution in [2.75, 3.05) is 51.3 Å². The van der Waals surface area contributed by atoms with E-state index in [1.807, 2.05) is 24.3 Å². The van der Waals surface area contributed by atoms with Crippen LogP contribution in [0.2, 0.25) is 0 Å². The molecule has 0 radical (unpaired) electrons. The highest BCUT2D eigenvalue weighted by molar-refractivity contribution is 5.91. The van der Waals surface area contributed by atoms with Gasteiger partial charge in [0.1, 0.15) is 18.0 Å². The third-order valence-corrected chi connectivity index (χ3v) is 6.01. The van der Waals surface area contributed by atoms with Gasteiger partial charge in [-0.25, -0.2) is 0 Å². The van der Waals surface area contributed by atoms with Crippen molar-refractivity contribution in [3.05, 3.63) is 48.4 Å². The fourth-order valence-corrected chi connectivity index (χ4v) is 4.44. The van der Waals surface area contributed by atoms with Crippen LogP contribution in [0.1, 0.15) is 10.6 Å². The predicted octanol–water partition coefficient (Wildman–Crippen LogP) is 1.17. The number of carbonyl (C=O) groups is 1. The molecule has 1 aromatic carbocycles. The van der Waals surface area contributed by atoms with Gasteiger partial charge in [-0.1, -0.05) is 12.1 Å². The molecule has 2 aliphatic heterocycles. The summed E-state index contributed by atoms with van der Waals surface area (Å²) in [5.74, 6) is 0.716. The zero-order valence-electron chi connectivity index (χ0n) is 18.3. The van der Waals surface area contributed by atoms with Crippen molar-refractivity contribution in [3.63, 3.8) is 0 Å². The SMILES string of the molecule is COc1ccccc1N1CCN([C@@H]2[C@H](O)[C@H](CO)O[C@@H]2CNC(=O)c2ccco2)CC1.Cl.Cl. The number of halogens is 2. The highest BCUT2D eigenvalue weighted by Crippen LogP contribution is 2.31. The van der Waals surface area contributed by atoms with Crippen molar-refractivity contribution in [2.24, 2.45) is 0 Å². The second-order valence-corrected chi connectivity index (χ2v) is 7.76. The summed E-state index contributed by atoms with van der Waals surface area (Å²) in [5, 5.41) is 23.2. The first-order chi connectivity index (χ1) is 15.1. The van der Waals surface area contributed by atoms with Crippen LogP contribution >= 0.6 is 24.8 Å². The number of amides is 1. The van der Waals surface area contributed by atoms with E-state index < -0.39 is 18.3 Å². The van der Waals surface area contributed by atoms with Crippen molar-refractivity contribution in [3.8, 4) is 5.75 Å². The molecule has 4 rings (SSSR count). The molecule has 0 saturated carbocycles. The van der Waals surface area contributed by atoms with Crippen LogP contribution in [0.15, 0.2) is 47.1 Å². The van der Waals surface area contributed by atoms with Gasteiger partial charge in [0.25, 0.3) is 5.91 Å². The van der Waals surface area contributed by atoms with Gasteiger partial charge < -0.3 is 34.3 Å². The van der Waals surface area contributed by atoms with Crippen LogP contribution in [-0.4, -0.2) is 91.8 Å². The Balaban J connectivity index is 0.00000193. The number of anilines is 1. The average Bonchev–Trinajstić information content (AvgIpc) is 3.46. The van der Waals surface area contributed by atoms with E-state index in [9.17, 15) is 15.0 Å². The van der Waals surface area contributed by atoms with Gasteiger partial charge in [-0.3, -0.25) is 9.69 Å². The Morgan fingerprint density at radius 2 is 1.85 bits per heavy atom. The second kappa shape index (κ2) is 12.5. The van der Waals surface area contributed by atoms with Crippen molar-refractivity contribution in [1.82, 2.24) is 10.2 Å². The molecule has 0 unspecified atom stereocenters. The first-order valence-corrected chi connectivity index (χ1v) is 10.5. The highest BCUT2D eigenvalue weighted by Gasteiger charge is 2.46. The van der Waals surface area contributed by atoms with Gasteiger partial charge in [-0.15, -0.1) is 24.8 Å². The molecule has 0 bridgehead atoms. The van der Waals surface area contributed by atoms with E-state index in [-0.39, 0.29) is 55.7 Å². The number of nitrogens with one attached hydrogen (secondary N) is 1. The molecule has 11 heteroatoms. The standard InChI is InChI=1S/C22H29N3O6.2ClH/c1-29-16-6-3-2-5-15(16)24-8-10-25(11-9-24)20-18(31-19(14-26)21(20)27)13-23-22(28)17-7-4-12-30-17;;/h2-7,12,18-21,26-27H,8-11,13-14H2,1H3,(H,23,28);2*1H/t18-,19+,20+,21-;;/m1../s1. The summed E-state index contributed by atoms with van der Waals surface area (Å²) >= 11 is 0. The Hall–Kier alpha value is -2.01. The van der Waals surface area contributed by atoms with E-state index in [0.717, 1.165) is 24.5 Å². The summed E-state index contributed by atoms with van der Waals surface area (Å²) in [5.41, 5.74) is 1.04. The predicted molar refractivity (Wildman–Crippen MR) is 128 cm³/mol. The largest absolute Gasteiger partial charge is 0.495 e. The highest BCUT2D eigenvalue weighted by atomic mass is 35.5. The van der Waals surface area contributed by atoms with E-state index in [1.54, 1.807) is 19.2 Å². The molecule has 1 aromatic heterocycles. The molecule has 4 atom stereocenters. The molecule has 33 heavy (non-hydrogen) atoms. The van der Waals surface area contributed by atoms with Gasteiger partial charge in [-0.05, 0) is 24.3 Å². The smallest absolute Gasteiger partial charge is 0.287 e. The van der Waals surface area contributed by atoms with E-state index in [1.165, 1.54) is 6.26 Å². The minimum absolute atomic E-state index is 0. The molecule has 2 saturated heterocycles. The summed E-state index contributed by atoms with van der Waals surface area (Å²) in [6.45, 7) is 2.89. The molecule has 3 N–H and O–H groups in total. The molecule has 2 aliphatic rings. The first kappa shape index (κ1) is 27.2. The molecule has 2 aromatic rings. The number of hydrogen-bond donors (Lipinski definition) is 3. The number of para-hydroxylation sites is 2. The van der Waals surface area contributed by atoms with E-state index >= 15 is 0 Å². The van der Waals surface area contributed by atoms with Crippen LogP contribution in [-0.2, 0) is 4.74 Å². The molecule has 0 spiro atoms. The number of aliphatic hydroxyl groups excluding tert-OH is 2. The number of nitrogens with zero attached hydrogens (tertiary/aromatic N) is 2. The number of aliphatic hydroxyl groups is 2. The van der Waals surface area contributed by atoms with Gasteiger partial charge in [0.05, 0.1) is 37.8 Å². The Labute approximate surface area is 205 Å². The number of carbonyl (C=O) groups excluding carboxylic acids is 1. The average molecular weight is 504 g/mol. The third-order valence-electron chi connectivity index (χ3n) is 6.01. The minimum atomic E-state index is -0.840. The zero-order chi connectivity index (χ0) is 21.8. The molecule has 3 heterocycles. The Morgan fingerprint density at radius 3 is 2.48 bits per heavy atom. The number of methoxy groups -OCH3 is 1. The summed E-state index contributed by atoms with van der Waals surface area (Å²) in [6, 6.07) is 10.8. The maximum Gasteiger partial charge on any atom is 0.287 e. The van der Waals surface area contributed by atoms with Crippen LogP contribution in [0, 0.1) is 0 Å². The summed E-state index contributed by atoms with van der Waals surface area (Å²) in [7, 11) is 1.66. The summed E-state index contributed by atoms with van der Waals surface area (Å²) in [6.07, 6.45) is -0.517. The van der Waals surface area contributed by atoms with Gasteiger partial charge >= 0.3 is 0 Å². The van der Waals surface area contributed by atoms with Gasteiger partial charge in [0, 0.05) is 32.7 Å². The number of furan rings is 1. The van der Waals surface area contributed by atoms with Crippen LogP contribution in [0.25, 0.3) is 0 Å². The van der Waals surface area contributed by atoms with E-state index in [2.05, 4.69) is 15.1 Å². The summed E-state index contributed by atoms with van der Waals surface area (Å²) in [4.78, 5) is 16.7. The van der Waals surface area contributed by atoms with Crippen molar-refractivity contribution in [1.29, 1.82) is 0 Å². The lowest BCUT2D eigenvalue weighted by molar-refractivity contribution is -0.0209. The molecular weight excluding hydrogens is 473 g/mol. The number of ether oxygens (including phenoxy) is 2. The Morgan fingerprint density at radius 1 is 1.12 bits per heavy atom. The number of piperazine rings is 1. The fraction of sp³-hybridized carbons (Fsp3) is 0.500. The van der Waals surface area contributed by atoms with E-state index in [0.29, 0.717) is 13.1 Å². The number of hydrogen-bond acceptors (Lipinski definition) is 8. The second-order valence-electron chi connectivity index (χ2n) is 7.76. The first-order valence-electron chi connectivity index (χ1n) is 10.5. The van der Waals surface area contributed by atoms with Gasteiger partial charge in [-0.2, -0.15) is 0 Å². The van der Waals surface area contributed by atoms with E-state index in [4.69, 9.17) is 13.9 Å². The normalized spacial score (nSPS) is 25.1. The lowest BCUT2D eigenvalue weighted by atomic mass is 10.0. The quantitative estimate of drug-likeness (QED) is 0.516. The van der Waals surface area contributed by atoms with Crippen LogP contribution < -0.4 is 15.0 Å². The third kappa shape index (κ3) is 5.92. The maximum atomic E-state index is 12.2. The maximum absolute atomic E-state index is 12.2. The fourth-order valence-electron chi connectivity index (χ4n) is 4.44. The van der Waals surface area contributed by atoms with Crippen molar-refractivity contribution >= 4 is 36.4 Å². The van der Waals surface area contributed by atoms with Gasteiger partial charge in [0.15, 0.2) is 5.76 Å². The lowest BCUT2D eigenvalue weighted by Crippen LogP contribution is -2.57. The molecule has 0 aliphatic carbocycles. The van der Waals surface area contributed by atoms with Gasteiger partial charge in [0.2, 0.25) is 0 Å². The van der Waals surface area contributed by atoms with Crippen molar-refractivity contribution in [2.45, 2.75) is 24.4 Å². The number of benzene rings is 1. The van der Waals surface area contributed by atoms with Crippen LogP contribution in [0.3, 0.4) is 0 Å². The molecule has 184 valence electrons. The van der Waals surface area contributed by atoms with Crippen molar-refractivity contribution < 1.29 is 28.9 Å². The summed E-state index contributed by atoms with van der Waals surface area (Å²) < 4.78 is 16.5. The Bertz CT molecular complexity index is 864. The molecular formula is C22H31Cl2N3O6. The lowest BCUT2D eigenvalue weighted by Gasteiger charge is -2.41. The van der Waals surface area contributed by atoms with Crippen LogP contribution in [0.5, 0.6) is 5.75 Å². The topological polar surface area (TPSA) is 108 Å².